The number of hydrogen-bond donors (Lipinski definition) is 1. The highest BCUT2D eigenvalue weighted by Gasteiger charge is 2.04. The van der Waals surface area contributed by atoms with Crippen LogP contribution in [0.3, 0.4) is 0 Å². The topological polar surface area (TPSA) is 41.6 Å². The summed E-state index contributed by atoms with van der Waals surface area (Å²) in [5.41, 5.74) is 4.98. The van der Waals surface area contributed by atoms with Crippen LogP contribution in [0.5, 0.6) is 0 Å². The molecule has 0 saturated carbocycles. The summed E-state index contributed by atoms with van der Waals surface area (Å²) in [5.74, 6) is 0. The van der Waals surface area contributed by atoms with Crippen LogP contribution in [0.2, 0.25) is 0 Å². The summed E-state index contributed by atoms with van der Waals surface area (Å²) >= 11 is 3.60. The van der Waals surface area contributed by atoms with Gasteiger partial charge < -0.3 is 0 Å². The number of benzene rings is 1. The van der Waals surface area contributed by atoms with E-state index in [0.29, 0.717) is 0 Å². The van der Waals surface area contributed by atoms with Crippen LogP contribution in [0.1, 0.15) is 22.4 Å². The van der Waals surface area contributed by atoms with E-state index in [1.165, 1.54) is 21.2 Å². The summed E-state index contributed by atoms with van der Waals surface area (Å²) in [6.07, 6.45) is 3.67. The molecule has 0 amide bonds. The van der Waals surface area contributed by atoms with Crippen molar-refractivity contribution in [1.29, 1.82) is 0 Å². The molecular weight excluding hydrogens is 266 g/mol. The van der Waals surface area contributed by atoms with Crippen LogP contribution in [-0.4, -0.2) is 15.4 Å². The molecule has 0 aliphatic rings. The molecule has 0 spiro atoms. The molecule has 0 atom stereocenters. The average Bonchev–Trinajstić information content (AvgIpc) is 2.74. The van der Waals surface area contributed by atoms with Crippen LogP contribution in [0.25, 0.3) is 0 Å². The van der Waals surface area contributed by atoms with Crippen molar-refractivity contribution in [2.45, 2.75) is 26.7 Å². The van der Waals surface area contributed by atoms with Gasteiger partial charge in [0, 0.05) is 4.47 Å². The van der Waals surface area contributed by atoms with Gasteiger partial charge in [0.25, 0.3) is 0 Å². The van der Waals surface area contributed by atoms with E-state index < -0.39 is 0 Å². The molecule has 4 heteroatoms. The van der Waals surface area contributed by atoms with Crippen molar-refractivity contribution in [2.24, 2.45) is 0 Å². The van der Waals surface area contributed by atoms with Crippen molar-refractivity contribution in [3.63, 3.8) is 0 Å². The Labute approximate surface area is 103 Å². The summed E-state index contributed by atoms with van der Waals surface area (Å²) < 4.78 is 1.18. The number of H-pyrrole nitrogens is 1. The zero-order valence-corrected chi connectivity index (χ0v) is 11.0. The van der Waals surface area contributed by atoms with Gasteiger partial charge in [-0.15, -0.1) is 0 Å². The monoisotopic (exact) mass is 279 g/mol. The van der Waals surface area contributed by atoms with Crippen LogP contribution in [0.4, 0.5) is 0 Å². The highest BCUT2D eigenvalue weighted by Crippen LogP contribution is 2.22. The molecule has 0 radical (unpaired) electrons. The number of rotatable bonds is 3. The van der Waals surface area contributed by atoms with Gasteiger partial charge in [-0.05, 0) is 49.4 Å². The third-order valence-electron chi connectivity index (χ3n) is 2.78. The van der Waals surface area contributed by atoms with Crippen LogP contribution in [0.15, 0.2) is 22.8 Å². The number of aromatic nitrogens is 3. The molecule has 3 nitrogen and oxygen atoms in total. The smallest absolute Gasteiger partial charge is 0.0828 e. The standard InChI is InChI=1S/C12H14BrN3/c1-8-5-10(12(13)6-9(8)2)3-4-11-7-14-16-15-11/h5-7H,3-4H2,1-2H3,(H,14,15,16). The number of halogens is 1. The molecule has 0 unspecified atom stereocenters. The van der Waals surface area contributed by atoms with Gasteiger partial charge in [0.1, 0.15) is 0 Å². The van der Waals surface area contributed by atoms with E-state index in [1.807, 2.05) is 0 Å². The lowest BCUT2D eigenvalue weighted by molar-refractivity contribution is 0.868. The van der Waals surface area contributed by atoms with Gasteiger partial charge in [-0.25, -0.2) is 0 Å². The minimum atomic E-state index is 0.914. The van der Waals surface area contributed by atoms with E-state index in [1.54, 1.807) is 6.20 Å². The fourth-order valence-corrected chi connectivity index (χ4v) is 2.30. The maximum Gasteiger partial charge on any atom is 0.0828 e. The molecule has 1 N–H and O–H groups in total. The first-order valence-electron chi connectivity index (χ1n) is 5.27. The minimum Gasteiger partial charge on any atom is -0.198 e. The lowest BCUT2D eigenvalue weighted by atomic mass is 10.0. The Hall–Kier alpha value is -1.16. The van der Waals surface area contributed by atoms with Crippen molar-refractivity contribution >= 4 is 15.9 Å². The second-order valence-corrected chi connectivity index (χ2v) is 4.84. The van der Waals surface area contributed by atoms with Gasteiger partial charge in [-0.3, -0.25) is 0 Å². The van der Waals surface area contributed by atoms with Crippen molar-refractivity contribution in [1.82, 2.24) is 15.4 Å². The Bertz CT molecular complexity index is 477. The maximum absolute atomic E-state index is 4.05. The first-order valence-corrected chi connectivity index (χ1v) is 6.06. The fraction of sp³-hybridized carbons (Fsp3) is 0.333. The number of hydrogen-bond acceptors (Lipinski definition) is 2. The Morgan fingerprint density at radius 1 is 1.19 bits per heavy atom. The molecule has 0 saturated heterocycles. The Morgan fingerprint density at radius 2 is 1.94 bits per heavy atom. The van der Waals surface area contributed by atoms with Gasteiger partial charge in [0.05, 0.1) is 11.9 Å². The zero-order chi connectivity index (χ0) is 11.5. The normalized spacial score (nSPS) is 10.7. The van der Waals surface area contributed by atoms with Crippen molar-refractivity contribution in [3.05, 3.63) is 45.2 Å². The quantitative estimate of drug-likeness (QED) is 0.939. The molecule has 0 aliphatic carbocycles. The predicted molar refractivity (Wildman–Crippen MR) is 67.4 cm³/mol. The highest BCUT2D eigenvalue weighted by atomic mass is 79.9. The average molecular weight is 280 g/mol. The molecule has 0 fully saturated rings. The van der Waals surface area contributed by atoms with Gasteiger partial charge >= 0.3 is 0 Å². The highest BCUT2D eigenvalue weighted by molar-refractivity contribution is 9.10. The van der Waals surface area contributed by atoms with E-state index >= 15 is 0 Å². The molecule has 1 heterocycles. The lowest BCUT2D eigenvalue weighted by Crippen LogP contribution is -1.95. The lowest BCUT2D eigenvalue weighted by Gasteiger charge is -2.07. The Kier molecular flexibility index (Phi) is 3.39. The number of nitrogens with one attached hydrogen (secondary N) is 1. The molecule has 1 aromatic heterocycles. The van der Waals surface area contributed by atoms with Crippen LogP contribution in [0, 0.1) is 13.8 Å². The Morgan fingerprint density at radius 3 is 2.62 bits per heavy atom. The second-order valence-electron chi connectivity index (χ2n) is 3.99. The molecule has 0 aliphatic heterocycles. The fourth-order valence-electron chi connectivity index (χ4n) is 1.64. The predicted octanol–water partition coefficient (Wildman–Crippen LogP) is 2.97. The number of aromatic amines is 1. The molecule has 84 valence electrons. The van der Waals surface area contributed by atoms with Crippen LogP contribution in [-0.2, 0) is 12.8 Å². The van der Waals surface area contributed by atoms with Crippen molar-refractivity contribution in [2.75, 3.05) is 0 Å². The van der Waals surface area contributed by atoms with E-state index in [4.69, 9.17) is 0 Å². The van der Waals surface area contributed by atoms with Gasteiger partial charge in [-0.2, -0.15) is 15.4 Å². The first kappa shape index (κ1) is 11.3. The SMILES string of the molecule is Cc1cc(Br)c(CCc2cn[nH]n2)cc1C. The number of nitrogens with zero attached hydrogens (tertiary/aromatic N) is 2. The molecule has 0 bridgehead atoms. The van der Waals surface area contributed by atoms with E-state index in [-0.39, 0.29) is 0 Å². The zero-order valence-electron chi connectivity index (χ0n) is 9.42. The molecule has 16 heavy (non-hydrogen) atoms. The van der Waals surface area contributed by atoms with Crippen molar-refractivity contribution in [3.8, 4) is 0 Å². The first-order chi connectivity index (χ1) is 7.66. The third-order valence-corrected chi connectivity index (χ3v) is 3.52. The Balaban J connectivity index is 2.12. The van der Waals surface area contributed by atoms with Crippen molar-refractivity contribution < 1.29 is 0 Å². The van der Waals surface area contributed by atoms with Gasteiger partial charge in [0.2, 0.25) is 0 Å². The summed E-state index contributed by atoms with van der Waals surface area (Å²) in [4.78, 5) is 0. The molecule has 1 aromatic carbocycles. The summed E-state index contributed by atoms with van der Waals surface area (Å²) in [7, 11) is 0. The maximum atomic E-state index is 4.05. The van der Waals surface area contributed by atoms with E-state index in [9.17, 15) is 0 Å². The van der Waals surface area contributed by atoms with Crippen LogP contribution < -0.4 is 0 Å². The molecular formula is C12H14BrN3. The van der Waals surface area contributed by atoms with Crippen LogP contribution >= 0.6 is 15.9 Å². The summed E-state index contributed by atoms with van der Waals surface area (Å²) in [6.45, 7) is 4.27. The summed E-state index contributed by atoms with van der Waals surface area (Å²) in [6, 6.07) is 4.41. The van der Waals surface area contributed by atoms with Gasteiger partial charge in [0.15, 0.2) is 0 Å². The number of aryl methyl sites for hydroxylation is 4. The van der Waals surface area contributed by atoms with E-state index in [0.717, 1.165) is 18.5 Å². The largest absolute Gasteiger partial charge is 0.198 e. The van der Waals surface area contributed by atoms with E-state index in [2.05, 4.69) is 57.3 Å². The summed E-state index contributed by atoms with van der Waals surface area (Å²) in [5, 5.41) is 10.5. The minimum absolute atomic E-state index is 0.914. The third kappa shape index (κ3) is 2.50. The van der Waals surface area contributed by atoms with Gasteiger partial charge in [-0.1, -0.05) is 22.0 Å². The second kappa shape index (κ2) is 4.78. The molecule has 2 aromatic rings. The molecule has 2 rings (SSSR count).